The molecule has 0 aliphatic carbocycles. The minimum absolute atomic E-state index is 0.0231. The third kappa shape index (κ3) is 2.17. The second-order valence-corrected chi connectivity index (χ2v) is 4.67. The molecule has 0 radical (unpaired) electrons. The molecular weight excluding hydrogens is 247 g/mol. The second kappa shape index (κ2) is 4.62. The summed E-state index contributed by atoms with van der Waals surface area (Å²) in [4.78, 5) is 13.8. The molecule has 0 spiro atoms. The summed E-state index contributed by atoms with van der Waals surface area (Å²) in [5.74, 6) is -0.0231. The standard InChI is InChI=1S/C11H12Cl2N2O/c1-15(8-5-14-6-8)11(16)7-2-3-9(12)10(13)4-7/h2-4,8,14H,5-6H2,1H3. The summed E-state index contributed by atoms with van der Waals surface area (Å²) in [6.45, 7) is 1.70. The second-order valence-electron chi connectivity index (χ2n) is 3.86. The van der Waals surface area contributed by atoms with Crippen LogP contribution in [0.5, 0.6) is 0 Å². The van der Waals surface area contributed by atoms with Crippen molar-refractivity contribution in [2.45, 2.75) is 6.04 Å². The number of nitrogens with zero attached hydrogens (tertiary/aromatic N) is 1. The topological polar surface area (TPSA) is 32.3 Å². The number of carbonyl (C=O) groups excluding carboxylic acids is 1. The maximum atomic E-state index is 12.0. The van der Waals surface area contributed by atoms with Gasteiger partial charge in [-0.05, 0) is 18.2 Å². The molecule has 0 aromatic heterocycles. The van der Waals surface area contributed by atoms with Gasteiger partial charge in [-0.1, -0.05) is 23.2 Å². The van der Waals surface area contributed by atoms with Gasteiger partial charge in [-0.15, -0.1) is 0 Å². The first-order chi connectivity index (χ1) is 7.59. The average molecular weight is 259 g/mol. The van der Waals surface area contributed by atoms with E-state index in [2.05, 4.69) is 5.32 Å². The fourth-order valence-electron chi connectivity index (χ4n) is 1.55. The highest BCUT2D eigenvalue weighted by atomic mass is 35.5. The first-order valence-corrected chi connectivity index (χ1v) is 5.78. The molecule has 16 heavy (non-hydrogen) atoms. The highest BCUT2D eigenvalue weighted by Gasteiger charge is 2.26. The molecule has 1 fully saturated rings. The quantitative estimate of drug-likeness (QED) is 0.881. The Morgan fingerprint density at radius 1 is 1.38 bits per heavy atom. The Balaban J connectivity index is 2.16. The predicted molar refractivity (Wildman–Crippen MR) is 65.2 cm³/mol. The third-order valence-electron chi connectivity index (χ3n) is 2.79. The molecule has 3 nitrogen and oxygen atoms in total. The normalized spacial score (nSPS) is 15.7. The van der Waals surface area contributed by atoms with Crippen molar-refractivity contribution in [2.75, 3.05) is 20.1 Å². The first-order valence-electron chi connectivity index (χ1n) is 5.02. The lowest BCUT2D eigenvalue weighted by Crippen LogP contribution is -2.57. The number of rotatable bonds is 2. The third-order valence-corrected chi connectivity index (χ3v) is 3.53. The SMILES string of the molecule is CN(C(=O)c1ccc(Cl)c(Cl)c1)C1CNC1. The van der Waals surface area contributed by atoms with Gasteiger partial charge in [0.1, 0.15) is 0 Å². The number of nitrogens with one attached hydrogen (secondary N) is 1. The fourth-order valence-corrected chi connectivity index (χ4v) is 1.84. The number of benzene rings is 1. The van der Waals surface area contributed by atoms with E-state index in [-0.39, 0.29) is 11.9 Å². The summed E-state index contributed by atoms with van der Waals surface area (Å²) in [5.41, 5.74) is 0.573. The van der Waals surface area contributed by atoms with Gasteiger partial charge in [0.2, 0.25) is 0 Å². The van der Waals surface area contributed by atoms with Gasteiger partial charge >= 0.3 is 0 Å². The van der Waals surface area contributed by atoms with Crippen molar-refractivity contribution in [3.8, 4) is 0 Å². The lowest BCUT2D eigenvalue weighted by Gasteiger charge is -2.35. The first kappa shape index (κ1) is 11.7. The molecule has 86 valence electrons. The van der Waals surface area contributed by atoms with Crippen LogP contribution in [0, 0.1) is 0 Å². The van der Waals surface area contributed by atoms with Crippen molar-refractivity contribution in [2.24, 2.45) is 0 Å². The van der Waals surface area contributed by atoms with Crippen LogP contribution in [0.25, 0.3) is 0 Å². The van der Waals surface area contributed by atoms with Gasteiger partial charge in [0, 0.05) is 25.7 Å². The molecule has 1 amide bonds. The molecule has 5 heteroatoms. The Labute approximate surface area is 104 Å². The summed E-state index contributed by atoms with van der Waals surface area (Å²) < 4.78 is 0. The van der Waals surface area contributed by atoms with Crippen LogP contribution in [-0.4, -0.2) is 37.0 Å². The number of hydrogen-bond donors (Lipinski definition) is 1. The Hall–Kier alpha value is -0.770. The Morgan fingerprint density at radius 3 is 2.56 bits per heavy atom. The number of halogens is 2. The van der Waals surface area contributed by atoms with Crippen LogP contribution in [0.3, 0.4) is 0 Å². The van der Waals surface area contributed by atoms with Gasteiger partial charge in [0.25, 0.3) is 5.91 Å². The Bertz CT molecular complexity index is 418. The van der Waals surface area contributed by atoms with E-state index in [4.69, 9.17) is 23.2 Å². The minimum atomic E-state index is -0.0231. The van der Waals surface area contributed by atoms with Crippen LogP contribution < -0.4 is 5.32 Å². The Morgan fingerprint density at radius 2 is 2.06 bits per heavy atom. The van der Waals surface area contributed by atoms with E-state index in [0.717, 1.165) is 13.1 Å². The lowest BCUT2D eigenvalue weighted by molar-refractivity contribution is 0.0681. The molecule has 1 aromatic carbocycles. The van der Waals surface area contributed by atoms with Gasteiger partial charge in [-0.2, -0.15) is 0 Å². The smallest absolute Gasteiger partial charge is 0.253 e. The van der Waals surface area contributed by atoms with Gasteiger partial charge < -0.3 is 10.2 Å². The van der Waals surface area contributed by atoms with E-state index in [1.807, 2.05) is 0 Å². The highest BCUT2D eigenvalue weighted by molar-refractivity contribution is 6.42. The largest absolute Gasteiger partial charge is 0.336 e. The summed E-state index contributed by atoms with van der Waals surface area (Å²) >= 11 is 11.7. The zero-order valence-electron chi connectivity index (χ0n) is 8.84. The van der Waals surface area contributed by atoms with E-state index < -0.39 is 0 Å². The monoisotopic (exact) mass is 258 g/mol. The molecule has 0 unspecified atom stereocenters. The van der Waals surface area contributed by atoms with Crippen molar-refractivity contribution < 1.29 is 4.79 Å². The molecule has 0 bridgehead atoms. The van der Waals surface area contributed by atoms with E-state index in [1.165, 1.54) is 0 Å². The Kier molecular flexibility index (Phi) is 3.38. The maximum absolute atomic E-state index is 12.0. The number of amides is 1. The molecule has 1 saturated heterocycles. The van der Waals surface area contributed by atoms with Crippen molar-refractivity contribution in [3.63, 3.8) is 0 Å². The van der Waals surface area contributed by atoms with E-state index >= 15 is 0 Å². The zero-order valence-corrected chi connectivity index (χ0v) is 10.3. The van der Waals surface area contributed by atoms with Crippen molar-refractivity contribution in [1.29, 1.82) is 0 Å². The van der Waals surface area contributed by atoms with Crippen LogP contribution in [0.15, 0.2) is 18.2 Å². The van der Waals surface area contributed by atoms with Crippen molar-refractivity contribution >= 4 is 29.1 Å². The van der Waals surface area contributed by atoms with E-state index in [1.54, 1.807) is 30.1 Å². The number of likely N-dealkylation sites (N-methyl/N-ethyl adjacent to an activating group) is 1. The minimum Gasteiger partial charge on any atom is -0.336 e. The van der Waals surface area contributed by atoms with E-state index in [0.29, 0.717) is 15.6 Å². The van der Waals surface area contributed by atoms with Gasteiger partial charge in [-0.25, -0.2) is 0 Å². The molecule has 0 atom stereocenters. The van der Waals surface area contributed by atoms with E-state index in [9.17, 15) is 4.79 Å². The molecule has 1 N–H and O–H groups in total. The van der Waals surface area contributed by atoms with Crippen LogP contribution in [-0.2, 0) is 0 Å². The van der Waals surface area contributed by atoms with Crippen LogP contribution >= 0.6 is 23.2 Å². The maximum Gasteiger partial charge on any atom is 0.253 e. The molecule has 0 saturated carbocycles. The summed E-state index contributed by atoms with van der Waals surface area (Å²) in [5, 5.41) is 4.00. The van der Waals surface area contributed by atoms with Crippen LogP contribution in [0.1, 0.15) is 10.4 Å². The van der Waals surface area contributed by atoms with Gasteiger partial charge in [0.05, 0.1) is 16.1 Å². The van der Waals surface area contributed by atoms with Crippen LogP contribution in [0.4, 0.5) is 0 Å². The molecule has 2 rings (SSSR count). The highest BCUT2D eigenvalue weighted by Crippen LogP contribution is 2.23. The molecule has 1 aliphatic rings. The fraction of sp³-hybridized carbons (Fsp3) is 0.364. The molecule has 1 aromatic rings. The zero-order chi connectivity index (χ0) is 11.7. The number of hydrogen-bond acceptors (Lipinski definition) is 2. The molecule has 1 heterocycles. The van der Waals surface area contributed by atoms with Gasteiger partial charge in [0.15, 0.2) is 0 Å². The molecular formula is C11H12Cl2N2O. The van der Waals surface area contributed by atoms with Crippen molar-refractivity contribution in [3.05, 3.63) is 33.8 Å². The molecule has 1 aliphatic heterocycles. The lowest BCUT2D eigenvalue weighted by atomic mass is 10.1. The summed E-state index contributed by atoms with van der Waals surface area (Å²) in [7, 11) is 1.80. The van der Waals surface area contributed by atoms with Gasteiger partial charge in [-0.3, -0.25) is 4.79 Å². The van der Waals surface area contributed by atoms with Crippen LogP contribution in [0.2, 0.25) is 10.0 Å². The average Bonchev–Trinajstić information content (AvgIpc) is 2.18. The summed E-state index contributed by atoms with van der Waals surface area (Å²) in [6, 6.07) is 5.22. The predicted octanol–water partition coefficient (Wildman–Crippen LogP) is 2.04. The number of carbonyl (C=O) groups is 1. The van der Waals surface area contributed by atoms with Crippen molar-refractivity contribution in [1.82, 2.24) is 10.2 Å². The summed E-state index contributed by atoms with van der Waals surface area (Å²) in [6.07, 6.45) is 0.